The molecule has 0 unspecified atom stereocenters. The number of allylic oxidation sites excluding steroid dienone is 2. The molecule has 3 rings (SSSR count). The zero-order valence-corrected chi connectivity index (χ0v) is 15.2. The molecule has 0 fully saturated rings. The summed E-state index contributed by atoms with van der Waals surface area (Å²) in [6, 6.07) is 3.71. The minimum Gasteiger partial charge on any atom is -0.495 e. The first-order valence-corrected chi connectivity index (χ1v) is 8.25. The van der Waals surface area contributed by atoms with Gasteiger partial charge in [0.2, 0.25) is 0 Å². The molecule has 0 radical (unpaired) electrons. The van der Waals surface area contributed by atoms with Gasteiger partial charge >= 0.3 is 0 Å². The molecule has 2 heterocycles. The molecule has 1 aromatic carbocycles. The second-order valence-electron chi connectivity index (χ2n) is 5.65. The quantitative estimate of drug-likeness (QED) is 0.437. The molecular formula is C19H14ClF2N3O2. The monoisotopic (exact) mass is 389 g/mol. The molecule has 1 aliphatic heterocycles. The van der Waals surface area contributed by atoms with Gasteiger partial charge in [0.05, 0.1) is 29.9 Å². The first kappa shape index (κ1) is 18.8. The predicted molar refractivity (Wildman–Crippen MR) is 96.1 cm³/mol. The van der Waals surface area contributed by atoms with Crippen LogP contribution < -0.4 is 4.74 Å². The van der Waals surface area contributed by atoms with Gasteiger partial charge < -0.3 is 9.64 Å². The van der Waals surface area contributed by atoms with Crippen LogP contribution in [0, 0.1) is 11.6 Å². The summed E-state index contributed by atoms with van der Waals surface area (Å²) in [6.07, 6.45) is 4.81. The van der Waals surface area contributed by atoms with Crippen molar-refractivity contribution in [3.05, 3.63) is 75.9 Å². The molecule has 2 aromatic rings. The van der Waals surface area contributed by atoms with Crippen molar-refractivity contribution in [2.24, 2.45) is 0 Å². The Hall–Kier alpha value is -3.02. The van der Waals surface area contributed by atoms with E-state index < -0.39 is 11.6 Å². The van der Waals surface area contributed by atoms with Crippen LogP contribution in [0.3, 0.4) is 0 Å². The van der Waals surface area contributed by atoms with E-state index in [9.17, 15) is 13.6 Å². The van der Waals surface area contributed by atoms with E-state index >= 15 is 0 Å². The van der Waals surface area contributed by atoms with Gasteiger partial charge in [0, 0.05) is 19.2 Å². The fraction of sp³-hybridized carbons (Fsp3) is 0.158. The molecule has 5 nitrogen and oxygen atoms in total. The third kappa shape index (κ3) is 3.74. The highest BCUT2D eigenvalue weighted by Gasteiger charge is 2.23. The summed E-state index contributed by atoms with van der Waals surface area (Å²) in [4.78, 5) is 13.0. The molecule has 0 saturated carbocycles. The SMILES string of the molecule is COc1cc(C(C)=O)nnc1CN1C=CC=C=C1c1c(F)ccc(Cl)c1F. The van der Waals surface area contributed by atoms with Gasteiger partial charge in [-0.2, -0.15) is 0 Å². The first-order valence-electron chi connectivity index (χ1n) is 7.88. The molecule has 0 N–H and O–H groups in total. The minimum atomic E-state index is -0.877. The van der Waals surface area contributed by atoms with Crippen LogP contribution in [-0.2, 0) is 6.54 Å². The van der Waals surface area contributed by atoms with E-state index in [0.717, 1.165) is 12.1 Å². The number of ether oxygens (including phenoxy) is 1. The lowest BCUT2D eigenvalue weighted by molar-refractivity contribution is 0.101. The lowest BCUT2D eigenvalue weighted by Gasteiger charge is -2.24. The Morgan fingerprint density at radius 2 is 2.11 bits per heavy atom. The van der Waals surface area contributed by atoms with Crippen molar-refractivity contribution in [1.29, 1.82) is 0 Å². The van der Waals surface area contributed by atoms with Gasteiger partial charge in [-0.25, -0.2) is 8.78 Å². The van der Waals surface area contributed by atoms with Crippen LogP contribution in [0.15, 0.2) is 42.3 Å². The molecule has 1 aromatic heterocycles. The topological polar surface area (TPSA) is 55.3 Å². The van der Waals surface area contributed by atoms with E-state index in [-0.39, 0.29) is 34.3 Å². The van der Waals surface area contributed by atoms with Crippen LogP contribution in [0.5, 0.6) is 5.75 Å². The third-order valence-corrected chi connectivity index (χ3v) is 4.17. The molecule has 138 valence electrons. The molecule has 0 bridgehead atoms. The Morgan fingerprint density at radius 3 is 2.81 bits per heavy atom. The number of methoxy groups -OCH3 is 1. The van der Waals surface area contributed by atoms with Gasteiger partial charge in [0.25, 0.3) is 0 Å². The van der Waals surface area contributed by atoms with Crippen molar-refractivity contribution < 1.29 is 18.3 Å². The van der Waals surface area contributed by atoms with Gasteiger partial charge in [-0.15, -0.1) is 10.2 Å². The molecule has 1 aliphatic rings. The van der Waals surface area contributed by atoms with Crippen LogP contribution in [-0.4, -0.2) is 28.0 Å². The van der Waals surface area contributed by atoms with Crippen molar-refractivity contribution in [3.8, 4) is 5.75 Å². The fourth-order valence-electron chi connectivity index (χ4n) is 2.54. The van der Waals surface area contributed by atoms with Crippen LogP contribution in [0.2, 0.25) is 5.02 Å². The summed E-state index contributed by atoms with van der Waals surface area (Å²) >= 11 is 5.80. The largest absolute Gasteiger partial charge is 0.495 e. The molecule has 0 atom stereocenters. The molecule has 0 aliphatic carbocycles. The Balaban J connectivity index is 2.01. The summed E-state index contributed by atoms with van der Waals surface area (Å²) in [5.74, 6) is -1.56. The van der Waals surface area contributed by atoms with E-state index in [1.54, 1.807) is 12.3 Å². The summed E-state index contributed by atoms with van der Waals surface area (Å²) in [5.41, 5.74) is 3.23. The number of halogens is 3. The summed E-state index contributed by atoms with van der Waals surface area (Å²) in [7, 11) is 1.43. The summed E-state index contributed by atoms with van der Waals surface area (Å²) < 4.78 is 34.0. The van der Waals surface area contributed by atoms with Gasteiger partial charge in [-0.1, -0.05) is 17.3 Å². The first-order chi connectivity index (χ1) is 12.9. The highest BCUT2D eigenvalue weighted by molar-refractivity contribution is 6.30. The molecule has 0 amide bonds. The number of nitrogens with zero attached hydrogens (tertiary/aromatic N) is 3. The molecule has 8 heteroatoms. The number of hydrogen-bond acceptors (Lipinski definition) is 5. The van der Waals surface area contributed by atoms with Gasteiger partial charge in [-0.3, -0.25) is 4.79 Å². The van der Waals surface area contributed by atoms with Crippen LogP contribution in [0.25, 0.3) is 5.70 Å². The molecular weight excluding hydrogens is 376 g/mol. The fourth-order valence-corrected chi connectivity index (χ4v) is 2.70. The van der Waals surface area contributed by atoms with E-state index in [2.05, 4.69) is 15.9 Å². The summed E-state index contributed by atoms with van der Waals surface area (Å²) in [5, 5.41) is 7.69. The lowest BCUT2D eigenvalue weighted by Crippen LogP contribution is -2.20. The number of carbonyl (C=O) groups is 1. The van der Waals surface area contributed by atoms with Gasteiger partial charge in [0.1, 0.15) is 23.0 Å². The maximum absolute atomic E-state index is 14.5. The number of benzene rings is 1. The van der Waals surface area contributed by atoms with Crippen molar-refractivity contribution in [1.82, 2.24) is 15.1 Å². The van der Waals surface area contributed by atoms with Crippen molar-refractivity contribution >= 4 is 23.1 Å². The molecule has 0 saturated heterocycles. The van der Waals surface area contributed by atoms with Crippen molar-refractivity contribution in [2.75, 3.05) is 7.11 Å². The number of carbonyl (C=O) groups excluding carboxylic acids is 1. The second kappa shape index (κ2) is 7.70. The average Bonchev–Trinajstić information content (AvgIpc) is 2.66. The van der Waals surface area contributed by atoms with E-state index in [1.165, 1.54) is 31.1 Å². The lowest BCUT2D eigenvalue weighted by atomic mass is 10.1. The zero-order chi connectivity index (χ0) is 19.6. The Kier molecular flexibility index (Phi) is 5.35. The number of ketones is 1. The number of rotatable bonds is 5. The molecule has 0 spiro atoms. The Bertz CT molecular complexity index is 1010. The van der Waals surface area contributed by atoms with Crippen LogP contribution in [0.4, 0.5) is 8.78 Å². The zero-order valence-electron chi connectivity index (χ0n) is 14.5. The normalized spacial score (nSPS) is 12.9. The Labute approximate surface area is 159 Å². The van der Waals surface area contributed by atoms with Crippen LogP contribution in [0.1, 0.15) is 28.7 Å². The van der Waals surface area contributed by atoms with Crippen LogP contribution >= 0.6 is 11.6 Å². The van der Waals surface area contributed by atoms with Crippen molar-refractivity contribution in [2.45, 2.75) is 13.5 Å². The van der Waals surface area contributed by atoms with Crippen molar-refractivity contribution in [3.63, 3.8) is 0 Å². The minimum absolute atomic E-state index is 0.0897. The maximum atomic E-state index is 14.5. The third-order valence-electron chi connectivity index (χ3n) is 3.88. The van der Waals surface area contributed by atoms with E-state index in [4.69, 9.17) is 16.3 Å². The Morgan fingerprint density at radius 1 is 1.33 bits per heavy atom. The predicted octanol–water partition coefficient (Wildman–Crippen LogP) is 4.14. The second-order valence-corrected chi connectivity index (χ2v) is 6.06. The average molecular weight is 390 g/mol. The van der Waals surface area contributed by atoms with Gasteiger partial charge in [-0.05, 0) is 24.3 Å². The highest BCUT2D eigenvalue weighted by atomic mass is 35.5. The number of Topliss-reactive ketones (excluding diaryl/α,β-unsaturated/α-hetero) is 1. The smallest absolute Gasteiger partial charge is 0.180 e. The van der Waals surface area contributed by atoms with E-state index in [0.29, 0.717) is 11.4 Å². The number of hydrogen-bond donors (Lipinski definition) is 0. The number of aromatic nitrogens is 2. The van der Waals surface area contributed by atoms with E-state index in [1.807, 2.05) is 0 Å². The summed E-state index contributed by atoms with van der Waals surface area (Å²) in [6.45, 7) is 1.46. The van der Waals surface area contributed by atoms with Gasteiger partial charge in [0.15, 0.2) is 11.6 Å². The molecule has 27 heavy (non-hydrogen) atoms. The highest BCUT2D eigenvalue weighted by Crippen LogP contribution is 2.32. The maximum Gasteiger partial charge on any atom is 0.180 e. The standard InChI is InChI=1S/C19H14ClF2N3O2/c1-11(26)14-9-17(27-2)15(24-23-14)10-25-8-4-3-5-16(25)18-13(21)7-6-12(20)19(18)22/h3-4,6-9H,10H2,1-2H3.